The Labute approximate surface area is 96.0 Å². The third-order valence-electron chi connectivity index (χ3n) is 3.61. The summed E-state index contributed by atoms with van der Waals surface area (Å²) in [6.45, 7) is 6.62. The monoisotopic (exact) mass is 225 g/mol. The van der Waals surface area contributed by atoms with Crippen molar-refractivity contribution in [1.29, 1.82) is 0 Å². The van der Waals surface area contributed by atoms with Gasteiger partial charge in [-0.1, -0.05) is 12.1 Å². The third kappa shape index (κ3) is 1.97. The summed E-state index contributed by atoms with van der Waals surface area (Å²) in [6, 6.07) is 0. The Kier molecular flexibility index (Phi) is 3.00. The molecule has 1 heterocycles. The van der Waals surface area contributed by atoms with E-state index in [0.29, 0.717) is 18.0 Å². The fourth-order valence-electron chi connectivity index (χ4n) is 2.40. The number of aromatic nitrogens is 3. The summed E-state index contributed by atoms with van der Waals surface area (Å²) in [4.78, 5) is 0. The summed E-state index contributed by atoms with van der Waals surface area (Å²) in [6.07, 6.45) is 3.50. The molecule has 2 rings (SSSR count). The molecular formula is C12H20FN3. The van der Waals surface area contributed by atoms with Crippen LogP contribution in [0.2, 0.25) is 0 Å². The van der Waals surface area contributed by atoms with Crippen LogP contribution in [-0.2, 0) is 18.6 Å². The average molecular weight is 225 g/mol. The molecule has 0 saturated carbocycles. The molecular weight excluding hydrogens is 205 g/mol. The number of nitrogens with zero attached hydrogens (tertiary/aromatic N) is 3. The molecule has 2 atom stereocenters. The molecule has 1 aromatic rings. The van der Waals surface area contributed by atoms with Crippen LogP contribution in [0.3, 0.4) is 0 Å². The SMILES string of the molecule is CCn1nnc2c1CCC(C)CCC2(C)F. The lowest BCUT2D eigenvalue weighted by atomic mass is 9.86. The van der Waals surface area contributed by atoms with Gasteiger partial charge >= 0.3 is 0 Å². The van der Waals surface area contributed by atoms with Crippen LogP contribution in [0, 0.1) is 5.92 Å². The van der Waals surface area contributed by atoms with Gasteiger partial charge in [-0.15, -0.1) is 5.10 Å². The van der Waals surface area contributed by atoms with Gasteiger partial charge in [-0.3, -0.25) is 0 Å². The second-order valence-electron chi connectivity index (χ2n) is 5.08. The van der Waals surface area contributed by atoms with Gasteiger partial charge < -0.3 is 0 Å². The second kappa shape index (κ2) is 4.15. The standard InChI is InChI=1S/C12H20FN3/c1-4-16-10-6-5-9(2)7-8-12(3,13)11(10)14-15-16/h9H,4-8H2,1-3H3. The van der Waals surface area contributed by atoms with Crippen LogP contribution in [0.4, 0.5) is 4.39 Å². The van der Waals surface area contributed by atoms with E-state index in [9.17, 15) is 4.39 Å². The van der Waals surface area contributed by atoms with Gasteiger partial charge in [0.15, 0.2) is 5.67 Å². The highest BCUT2D eigenvalue weighted by atomic mass is 19.1. The molecule has 0 bridgehead atoms. The third-order valence-corrected chi connectivity index (χ3v) is 3.61. The van der Waals surface area contributed by atoms with E-state index in [-0.39, 0.29) is 0 Å². The lowest BCUT2D eigenvalue weighted by Crippen LogP contribution is -2.22. The summed E-state index contributed by atoms with van der Waals surface area (Å²) < 4.78 is 16.4. The number of alkyl halides is 1. The molecule has 0 radical (unpaired) electrons. The molecule has 0 saturated heterocycles. The molecule has 1 aliphatic rings. The molecule has 1 aliphatic carbocycles. The van der Waals surface area contributed by atoms with E-state index in [2.05, 4.69) is 17.2 Å². The molecule has 0 fully saturated rings. The summed E-state index contributed by atoms with van der Waals surface area (Å²) in [5, 5.41) is 8.09. The first-order chi connectivity index (χ1) is 7.54. The van der Waals surface area contributed by atoms with Crippen molar-refractivity contribution in [1.82, 2.24) is 15.0 Å². The predicted octanol–water partition coefficient (Wildman–Crippen LogP) is 2.85. The minimum atomic E-state index is -1.31. The van der Waals surface area contributed by atoms with Gasteiger partial charge in [0.1, 0.15) is 5.69 Å². The Hall–Kier alpha value is -0.930. The lowest BCUT2D eigenvalue weighted by Gasteiger charge is -2.25. The molecule has 90 valence electrons. The average Bonchev–Trinajstić information content (AvgIpc) is 2.65. The minimum Gasteiger partial charge on any atom is -0.249 e. The van der Waals surface area contributed by atoms with Crippen LogP contribution < -0.4 is 0 Å². The number of aryl methyl sites for hydroxylation is 1. The molecule has 0 amide bonds. The van der Waals surface area contributed by atoms with E-state index in [0.717, 1.165) is 31.5 Å². The van der Waals surface area contributed by atoms with E-state index in [1.54, 1.807) is 6.92 Å². The van der Waals surface area contributed by atoms with Crippen LogP contribution in [0.15, 0.2) is 0 Å². The molecule has 16 heavy (non-hydrogen) atoms. The molecule has 0 aromatic carbocycles. The molecule has 0 spiro atoms. The number of fused-ring (bicyclic) bond motifs is 1. The fourth-order valence-corrected chi connectivity index (χ4v) is 2.40. The van der Waals surface area contributed by atoms with E-state index >= 15 is 0 Å². The topological polar surface area (TPSA) is 30.7 Å². The largest absolute Gasteiger partial charge is 0.249 e. The van der Waals surface area contributed by atoms with Crippen molar-refractivity contribution >= 4 is 0 Å². The van der Waals surface area contributed by atoms with Crippen molar-refractivity contribution in [3.8, 4) is 0 Å². The van der Waals surface area contributed by atoms with Gasteiger partial charge in [0.25, 0.3) is 0 Å². The van der Waals surface area contributed by atoms with Gasteiger partial charge in [-0.25, -0.2) is 9.07 Å². The summed E-state index contributed by atoms with van der Waals surface area (Å²) >= 11 is 0. The van der Waals surface area contributed by atoms with Crippen LogP contribution in [-0.4, -0.2) is 15.0 Å². The van der Waals surface area contributed by atoms with Crippen molar-refractivity contribution in [2.24, 2.45) is 5.92 Å². The van der Waals surface area contributed by atoms with Crippen molar-refractivity contribution in [3.63, 3.8) is 0 Å². The maximum Gasteiger partial charge on any atom is 0.153 e. The minimum absolute atomic E-state index is 0.559. The van der Waals surface area contributed by atoms with Crippen molar-refractivity contribution in [2.45, 2.75) is 58.7 Å². The fraction of sp³-hybridized carbons (Fsp3) is 0.833. The quantitative estimate of drug-likeness (QED) is 0.735. The van der Waals surface area contributed by atoms with Crippen molar-refractivity contribution in [2.75, 3.05) is 0 Å². The smallest absolute Gasteiger partial charge is 0.153 e. The van der Waals surface area contributed by atoms with Gasteiger partial charge in [0, 0.05) is 6.54 Å². The zero-order valence-electron chi connectivity index (χ0n) is 10.3. The molecule has 2 unspecified atom stereocenters. The summed E-state index contributed by atoms with van der Waals surface area (Å²) in [7, 11) is 0. The van der Waals surface area contributed by atoms with Gasteiger partial charge in [-0.2, -0.15) is 0 Å². The maximum atomic E-state index is 14.5. The molecule has 0 N–H and O–H groups in total. The van der Waals surface area contributed by atoms with Gasteiger partial charge in [0.05, 0.1) is 5.69 Å². The van der Waals surface area contributed by atoms with E-state index in [1.807, 2.05) is 11.6 Å². The van der Waals surface area contributed by atoms with Crippen LogP contribution in [0.25, 0.3) is 0 Å². The predicted molar refractivity (Wildman–Crippen MR) is 60.9 cm³/mol. The van der Waals surface area contributed by atoms with Gasteiger partial charge in [-0.05, 0) is 45.4 Å². The van der Waals surface area contributed by atoms with Crippen molar-refractivity contribution in [3.05, 3.63) is 11.4 Å². The second-order valence-corrected chi connectivity index (χ2v) is 5.08. The Morgan fingerprint density at radius 1 is 1.50 bits per heavy atom. The molecule has 4 heteroatoms. The Morgan fingerprint density at radius 2 is 2.25 bits per heavy atom. The maximum absolute atomic E-state index is 14.5. The first kappa shape index (κ1) is 11.6. The van der Waals surface area contributed by atoms with Crippen LogP contribution in [0.5, 0.6) is 0 Å². The molecule has 1 aromatic heterocycles. The van der Waals surface area contributed by atoms with E-state index in [1.165, 1.54) is 0 Å². The first-order valence-electron chi connectivity index (χ1n) is 6.16. The van der Waals surface area contributed by atoms with Crippen LogP contribution in [0.1, 0.15) is 51.4 Å². The highest BCUT2D eigenvalue weighted by Gasteiger charge is 2.34. The number of hydrogen-bond donors (Lipinski definition) is 0. The van der Waals surface area contributed by atoms with Crippen LogP contribution >= 0.6 is 0 Å². The highest BCUT2D eigenvalue weighted by Crippen LogP contribution is 2.36. The number of rotatable bonds is 1. The zero-order chi connectivity index (χ0) is 11.8. The van der Waals surface area contributed by atoms with Crippen molar-refractivity contribution < 1.29 is 4.39 Å². The Bertz CT molecular complexity index is 370. The zero-order valence-corrected chi connectivity index (χ0v) is 10.3. The Balaban J connectivity index is 2.40. The molecule has 0 aliphatic heterocycles. The number of halogens is 1. The normalized spacial score (nSPS) is 30.6. The lowest BCUT2D eigenvalue weighted by molar-refractivity contribution is 0.150. The molecule has 3 nitrogen and oxygen atoms in total. The summed E-state index contributed by atoms with van der Waals surface area (Å²) in [5.41, 5.74) is 0.262. The summed E-state index contributed by atoms with van der Waals surface area (Å²) in [5.74, 6) is 0.587. The Morgan fingerprint density at radius 3 is 2.94 bits per heavy atom. The van der Waals surface area contributed by atoms with E-state index < -0.39 is 5.67 Å². The van der Waals surface area contributed by atoms with Gasteiger partial charge in [0.2, 0.25) is 0 Å². The number of hydrogen-bond acceptors (Lipinski definition) is 2. The first-order valence-corrected chi connectivity index (χ1v) is 6.16. The highest BCUT2D eigenvalue weighted by molar-refractivity contribution is 5.19. The van der Waals surface area contributed by atoms with E-state index in [4.69, 9.17) is 0 Å².